The second-order valence-corrected chi connectivity index (χ2v) is 6.09. The Morgan fingerprint density at radius 2 is 2.00 bits per heavy atom. The smallest absolute Gasteiger partial charge is 0.0451 e. The van der Waals surface area contributed by atoms with Gasteiger partial charge in [0.25, 0.3) is 0 Å². The molecule has 2 rings (SSSR count). The molecule has 1 saturated heterocycles. The summed E-state index contributed by atoms with van der Waals surface area (Å²) in [5.41, 5.74) is 1.51. The van der Waals surface area contributed by atoms with Crippen LogP contribution < -0.4 is 5.32 Å². The molecule has 3 heteroatoms. The molecular weight excluding hydrogens is 256 g/mol. The fourth-order valence-corrected chi connectivity index (χ4v) is 3.27. The molecule has 0 saturated carbocycles. The van der Waals surface area contributed by atoms with Gasteiger partial charge < -0.3 is 5.32 Å². The fraction of sp³-hybridized carbons (Fsp3) is 0.625. The summed E-state index contributed by atoms with van der Waals surface area (Å²) >= 11 is 6.32. The van der Waals surface area contributed by atoms with Crippen molar-refractivity contribution in [3.63, 3.8) is 0 Å². The van der Waals surface area contributed by atoms with Gasteiger partial charge in [0.2, 0.25) is 0 Å². The van der Waals surface area contributed by atoms with Crippen LogP contribution in [0.1, 0.15) is 39.2 Å². The molecule has 1 fully saturated rings. The van der Waals surface area contributed by atoms with Crippen LogP contribution in [0.2, 0.25) is 5.02 Å². The molecule has 0 aromatic heterocycles. The highest BCUT2D eigenvalue weighted by Gasteiger charge is 2.37. The summed E-state index contributed by atoms with van der Waals surface area (Å²) in [6.07, 6.45) is 2.35. The average molecular weight is 281 g/mol. The van der Waals surface area contributed by atoms with Crippen molar-refractivity contribution in [2.24, 2.45) is 0 Å². The second-order valence-electron chi connectivity index (χ2n) is 5.69. The highest BCUT2D eigenvalue weighted by molar-refractivity contribution is 6.31. The van der Waals surface area contributed by atoms with E-state index < -0.39 is 0 Å². The first-order chi connectivity index (χ1) is 9.11. The van der Waals surface area contributed by atoms with E-state index in [1.165, 1.54) is 18.4 Å². The van der Waals surface area contributed by atoms with Gasteiger partial charge in [0.1, 0.15) is 0 Å². The third-order valence-corrected chi connectivity index (χ3v) is 4.95. The highest BCUT2D eigenvalue weighted by Crippen LogP contribution is 2.30. The van der Waals surface area contributed by atoms with Crippen molar-refractivity contribution in [2.75, 3.05) is 13.1 Å². The predicted molar refractivity (Wildman–Crippen MR) is 82.6 cm³/mol. The molecule has 1 aliphatic heterocycles. The van der Waals surface area contributed by atoms with Crippen LogP contribution >= 0.6 is 11.6 Å². The Morgan fingerprint density at radius 3 is 2.63 bits per heavy atom. The van der Waals surface area contributed by atoms with Crippen molar-refractivity contribution >= 4 is 11.6 Å². The molecule has 1 heterocycles. The van der Waals surface area contributed by atoms with Gasteiger partial charge in [-0.15, -0.1) is 0 Å². The van der Waals surface area contributed by atoms with Gasteiger partial charge in [-0.2, -0.15) is 0 Å². The van der Waals surface area contributed by atoms with E-state index >= 15 is 0 Å². The third kappa shape index (κ3) is 3.13. The molecule has 0 bridgehead atoms. The highest BCUT2D eigenvalue weighted by atomic mass is 35.5. The molecule has 2 nitrogen and oxygen atoms in total. The first-order valence-electron chi connectivity index (χ1n) is 7.33. The van der Waals surface area contributed by atoms with Crippen molar-refractivity contribution in [3.8, 4) is 0 Å². The second kappa shape index (κ2) is 6.25. The average Bonchev–Trinajstić information content (AvgIpc) is 2.42. The zero-order valence-electron chi connectivity index (χ0n) is 12.2. The lowest BCUT2D eigenvalue weighted by molar-refractivity contribution is 0.0279. The zero-order chi connectivity index (χ0) is 13.9. The summed E-state index contributed by atoms with van der Waals surface area (Å²) in [5, 5.41) is 4.51. The maximum Gasteiger partial charge on any atom is 0.0451 e. The van der Waals surface area contributed by atoms with Gasteiger partial charge in [-0.25, -0.2) is 0 Å². The van der Waals surface area contributed by atoms with Gasteiger partial charge in [-0.1, -0.05) is 43.6 Å². The Hall–Kier alpha value is -0.570. The third-order valence-electron chi connectivity index (χ3n) is 4.58. The Morgan fingerprint density at radius 1 is 1.32 bits per heavy atom. The number of halogens is 1. The number of nitrogens with zero attached hydrogens (tertiary/aromatic N) is 1. The topological polar surface area (TPSA) is 15.3 Å². The molecule has 1 atom stereocenters. The molecule has 1 unspecified atom stereocenters. The SMILES string of the molecule is CCC1(CC)CNC(C)CN1Cc1ccccc1Cl. The molecule has 1 aromatic rings. The van der Waals surface area contributed by atoms with Crippen molar-refractivity contribution in [1.82, 2.24) is 10.2 Å². The van der Waals surface area contributed by atoms with Crippen LogP contribution in [0.15, 0.2) is 24.3 Å². The molecule has 0 spiro atoms. The van der Waals surface area contributed by atoms with Crippen molar-refractivity contribution in [1.29, 1.82) is 0 Å². The number of benzene rings is 1. The van der Waals surface area contributed by atoms with Crippen LogP contribution in [-0.2, 0) is 6.54 Å². The number of hydrogen-bond donors (Lipinski definition) is 1. The van der Waals surface area contributed by atoms with Crippen molar-refractivity contribution < 1.29 is 0 Å². The zero-order valence-corrected chi connectivity index (χ0v) is 13.0. The largest absolute Gasteiger partial charge is 0.311 e. The van der Waals surface area contributed by atoms with Crippen LogP contribution in [-0.4, -0.2) is 29.6 Å². The molecule has 1 aromatic carbocycles. The van der Waals surface area contributed by atoms with E-state index in [0.29, 0.717) is 6.04 Å². The van der Waals surface area contributed by atoms with Gasteiger partial charge in [0.05, 0.1) is 0 Å². The lowest BCUT2D eigenvalue weighted by Gasteiger charge is -2.49. The van der Waals surface area contributed by atoms with Gasteiger partial charge in [-0.05, 0) is 31.4 Å². The fourth-order valence-electron chi connectivity index (χ4n) is 3.08. The lowest BCUT2D eigenvalue weighted by atomic mass is 9.87. The van der Waals surface area contributed by atoms with E-state index in [-0.39, 0.29) is 5.54 Å². The predicted octanol–water partition coefficient (Wildman–Crippen LogP) is 3.69. The van der Waals surface area contributed by atoms with Gasteiger partial charge >= 0.3 is 0 Å². The molecule has 0 radical (unpaired) electrons. The molecule has 19 heavy (non-hydrogen) atoms. The van der Waals surface area contributed by atoms with Crippen molar-refractivity contribution in [3.05, 3.63) is 34.9 Å². The minimum Gasteiger partial charge on any atom is -0.311 e. The van der Waals surface area contributed by atoms with Crippen LogP contribution in [0, 0.1) is 0 Å². The summed E-state index contributed by atoms with van der Waals surface area (Å²) < 4.78 is 0. The minimum absolute atomic E-state index is 0.270. The first-order valence-corrected chi connectivity index (χ1v) is 7.71. The van der Waals surface area contributed by atoms with Crippen LogP contribution in [0.4, 0.5) is 0 Å². The van der Waals surface area contributed by atoms with E-state index in [2.05, 4.69) is 43.1 Å². The van der Waals surface area contributed by atoms with Crippen molar-refractivity contribution in [2.45, 2.75) is 51.7 Å². The maximum atomic E-state index is 6.32. The Balaban J connectivity index is 2.21. The monoisotopic (exact) mass is 280 g/mol. The molecule has 1 aliphatic rings. The van der Waals surface area contributed by atoms with E-state index in [1.54, 1.807) is 0 Å². The van der Waals surface area contributed by atoms with E-state index in [4.69, 9.17) is 11.6 Å². The Kier molecular flexibility index (Phi) is 4.88. The van der Waals surface area contributed by atoms with Gasteiger partial charge in [0, 0.05) is 36.2 Å². The molecular formula is C16H25ClN2. The van der Waals surface area contributed by atoms with Crippen LogP contribution in [0.5, 0.6) is 0 Å². The molecule has 0 aliphatic carbocycles. The van der Waals surface area contributed by atoms with E-state index in [9.17, 15) is 0 Å². The summed E-state index contributed by atoms with van der Waals surface area (Å²) in [7, 11) is 0. The van der Waals surface area contributed by atoms with Gasteiger partial charge in [0.15, 0.2) is 0 Å². The quantitative estimate of drug-likeness (QED) is 0.905. The number of piperazine rings is 1. The maximum absolute atomic E-state index is 6.32. The molecule has 0 amide bonds. The molecule has 1 N–H and O–H groups in total. The van der Waals surface area contributed by atoms with Crippen LogP contribution in [0.3, 0.4) is 0 Å². The summed E-state index contributed by atoms with van der Waals surface area (Å²) in [5.74, 6) is 0. The van der Waals surface area contributed by atoms with E-state index in [1.807, 2.05) is 12.1 Å². The Bertz CT molecular complexity index is 415. The first kappa shape index (κ1) is 14.8. The minimum atomic E-state index is 0.270. The summed E-state index contributed by atoms with van der Waals surface area (Å²) in [4.78, 5) is 2.62. The number of nitrogens with one attached hydrogen (secondary N) is 1. The molecule has 106 valence electrons. The van der Waals surface area contributed by atoms with Crippen LogP contribution in [0.25, 0.3) is 0 Å². The normalized spacial score (nSPS) is 23.5. The summed E-state index contributed by atoms with van der Waals surface area (Å²) in [6.45, 7) is 9.96. The summed E-state index contributed by atoms with van der Waals surface area (Å²) in [6, 6.07) is 8.76. The Labute approximate surface area is 122 Å². The van der Waals surface area contributed by atoms with Gasteiger partial charge in [-0.3, -0.25) is 4.90 Å². The standard InChI is InChI=1S/C16H25ClN2/c1-4-16(5-2)12-18-13(3)10-19(16)11-14-8-6-7-9-15(14)17/h6-9,13,18H,4-5,10-12H2,1-3H3. The van der Waals surface area contributed by atoms with E-state index in [0.717, 1.165) is 24.7 Å². The lowest BCUT2D eigenvalue weighted by Crippen LogP contribution is -2.63. The number of hydrogen-bond acceptors (Lipinski definition) is 2. The number of rotatable bonds is 4.